The number of rotatable bonds is 5. The van der Waals surface area contributed by atoms with Crippen LogP contribution in [0.4, 0.5) is 5.69 Å². The summed E-state index contributed by atoms with van der Waals surface area (Å²) >= 11 is 0. The standard InChI is InChI=1S/C16H20N2O3/c1-4-9-18-13(7-6-12(17)16(18)19)11-5-8-14(20-2)15(10-11)21-3/h5-8,10H,4,9,17H2,1-3H3. The maximum Gasteiger partial charge on any atom is 0.274 e. The molecule has 0 fully saturated rings. The lowest BCUT2D eigenvalue weighted by Gasteiger charge is -2.15. The SMILES string of the molecule is CCCn1c(-c2ccc(OC)c(OC)c2)ccc(N)c1=O. The maximum absolute atomic E-state index is 12.2. The average Bonchev–Trinajstić information content (AvgIpc) is 2.51. The molecule has 0 aliphatic heterocycles. The van der Waals surface area contributed by atoms with Crippen LogP contribution in [0.5, 0.6) is 11.5 Å². The van der Waals surface area contributed by atoms with Gasteiger partial charge in [-0.1, -0.05) is 6.92 Å². The molecule has 5 heteroatoms. The number of benzene rings is 1. The lowest BCUT2D eigenvalue weighted by molar-refractivity contribution is 0.355. The fraction of sp³-hybridized carbons (Fsp3) is 0.312. The third kappa shape index (κ3) is 2.86. The molecular formula is C16H20N2O3. The summed E-state index contributed by atoms with van der Waals surface area (Å²) in [6.07, 6.45) is 0.851. The van der Waals surface area contributed by atoms with E-state index < -0.39 is 0 Å². The van der Waals surface area contributed by atoms with Gasteiger partial charge in [0.25, 0.3) is 5.56 Å². The molecule has 0 saturated heterocycles. The van der Waals surface area contributed by atoms with Crippen molar-refractivity contribution in [1.29, 1.82) is 0 Å². The van der Waals surface area contributed by atoms with Crippen LogP contribution >= 0.6 is 0 Å². The molecule has 21 heavy (non-hydrogen) atoms. The van der Waals surface area contributed by atoms with Crippen molar-refractivity contribution >= 4 is 5.69 Å². The third-order valence-electron chi connectivity index (χ3n) is 3.33. The largest absolute Gasteiger partial charge is 0.493 e. The van der Waals surface area contributed by atoms with Crippen molar-refractivity contribution in [3.63, 3.8) is 0 Å². The van der Waals surface area contributed by atoms with E-state index in [2.05, 4.69) is 0 Å². The van der Waals surface area contributed by atoms with Crippen molar-refractivity contribution in [2.75, 3.05) is 20.0 Å². The fourth-order valence-corrected chi connectivity index (χ4v) is 2.29. The van der Waals surface area contributed by atoms with Crippen molar-refractivity contribution in [2.24, 2.45) is 0 Å². The Hall–Kier alpha value is -2.43. The summed E-state index contributed by atoms with van der Waals surface area (Å²) in [5.41, 5.74) is 7.52. The lowest BCUT2D eigenvalue weighted by atomic mass is 10.1. The summed E-state index contributed by atoms with van der Waals surface area (Å²) in [7, 11) is 3.18. The van der Waals surface area contributed by atoms with E-state index >= 15 is 0 Å². The second-order valence-corrected chi connectivity index (χ2v) is 4.70. The van der Waals surface area contributed by atoms with Crippen molar-refractivity contribution in [3.8, 4) is 22.8 Å². The number of pyridine rings is 1. The van der Waals surface area contributed by atoms with Gasteiger partial charge in [-0.2, -0.15) is 0 Å². The van der Waals surface area contributed by atoms with E-state index in [0.29, 0.717) is 18.0 Å². The first-order chi connectivity index (χ1) is 10.1. The van der Waals surface area contributed by atoms with Gasteiger partial charge in [-0.25, -0.2) is 0 Å². The van der Waals surface area contributed by atoms with Gasteiger partial charge in [-0.15, -0.1) is 0 Å². The molecule has 0 unspecified atom stereocenters. The molecule has 0 aliphatic carbocycles. The molecule has 0 aliphatic rings. The number of aromatic nitrogens is 1. The number of nitrogens with zero attached hydrogens (tertiary/aromatic N) is 1. The first kappa shape index (κ1) is 15.0. The number of hydrogen-bond acceptors (Lipinski definition) is 4. The van der Waals surface area contributed by atoms with Crippen LogP contribution in [0.15, 0.2) is 35.1 Å². The average molecular weight is 288 g/mol. The predicted octanol–water partition coefficient (Wildman–Crippen LogP) is 2.52. The number of ether oxygens (including phenoxy) is 2. The third-order valence-corrected chi connectivity index (χ3v) is 3.33. The fourth-order valence-electron chi connectivity index (χ4n) is 2.29. The van der Waals surface area contributed by atoms with Gasteiger partial charge >= 0.3 is 0 Å². The lowest BCUT2D eigenvalue weighted by Crippen LogP contribution is -2.24. The Morgan fingerprint density at radius 1 is 1.10 bits per heavy atom. The van der Waals surface area contributed by atoms with Crippen LogP contribution in [-0.4, -0.2) is 18.8 Å². The molecule has 1 aromatic heterocycles. The quantitative estimate of drug-likeness (QED) is 0.918. The van der Waals surface area contributed by atoms with Crippen LogP contribution in [0.1, 0.15) is 13.3 Å². The molecule has 0 spiro atoms. The second-order valence-electron chi connectivity index (χ2n) is 4.70. The van der Waals surface area contributed by atoms with Crippen molar-refractivity contribution in [2.45, 2.75) is 19.9 Å². The first-order valence-electron chi connectivity index (χ1n) is 6.84. The van der Waals surface area contributed by atoms with E-state index in [1.807, 2.05) is 31.2 Å². The molecule has 0 bridgehead atoms. The molecule has 5 nitrogen and oxygen atoms in total. The highest BCUT2D eigenvalue weighted by molar-refractivity contribution is 5.65. The molecule has 0 atom stereocenters. The van der Waals surface area contributed by atoms with E-state index in [0.717, 1.165) is 17.7 Å². The van der Waals surface area contributed by atoms with Gasteiger partial charge in [0, 0.05) is 12.1 Å². The van der Waals surface area contributed by atoms with Crippen LogP contribution in [0.2, 0.25) is 0 Å². The molecule has 0 radical (unpaired) electrons. The molecule has 0 saturated carbocycles. The number of methoxy groups -OCH3 is 2. The Morgan fingerprint density at radius 3 is 2.43 bits per heavy atom. The Balaban J connectivity index is 2.61. The highest BCUT2D eigenvalue weighted by Crippen LogP contribution is 2.32. The second kappa shape index (κ2) is 6.35. The Labute approximate surface area is 123 Å². The summed E-state index contributed by atoms with van der Waals surface area (Å²) in [6.45, 7) is 2.64. The van der Waals surface area contributed by atoms with Crippen LogP contribution in [0.3, 0.4) is 0 Å². The van der Waals surface area contributed by atoms with E-state index in [4.69, 9.17) is 15.2 Å². The monoisotopic (exact) mass is 288 g/mol. The first-order valence-corrected chi connectivity index (χ1v) is 6.84. The van der Waals surface area contributed by atoms with Gasteiger partial charge in [0.05, 0.1) is 25.6 Å². The van der Waals surface area contributed by atoms with Gasteiger partial charge in [0.1, 0.15) is 0 Å². The highest BCUT2D eigenvalue weighted by Gasteiger charge is 2.11. The molecule has 2 N–H and O–H groups in total. The predicted molar refractivity (Wildman–Crippen MR) is 83.9 cm³/mol. The Bertz CT molecular complexity index is 692. The molecule has 2 aromatic rings. The summed E-state index contributed by atoms with van der Waals surface area (Å²) in [6, 6.07) is 9.08. The van der Waals surface area contributed by atoms with E-state index in [9.17, 15) is 4.79 Å². The normalized spacial score (nSPS) is 10.4. The van der Waals surface area contributed by atoms with Gasteiger partial charge in [0.15, 0.2) is 11.5 Å². The van der Waals surface area contributed by atoms with E-state index in [-0.39, 0.29) is 11.2 Å². The zero-order valence-electron chi connectivity index (χ0n) is 12.6. The number of nitrogens with two attached hydrogens (primary N) is 1. The Kier molecular flexibility index (Phi) is 4.52. The van der Waals surface area contributed by atoms with E-state index in [1.54, 1.807) is 24.9 Å². The molecular weight excluding hydrogens is 268 g/mol. The summed E-state index contributed by atoms with van der Waals surface area (Å²) in [4.78, 5) is 12.2. The smallest absolute Gasteiger partial charge is 0.274 e. The molecule has 0 amide bonds. The van der Waals surface area contributed by atoms with Crippen LogP contribution in [0, 0.1) is 0 Å². The Morgan fingerprint density at radius 2 is 1.81 bits per heavy atom. The minimum Gasteiger partial charge on any atom is -0.493 e. The van der Waals surface area contributed by atoms with Crippen molar-refractivity contribution < 1.29 is 9.47 Å². The molecule has 2 rings (SSSR count). The minimum atomic E-state index is -0.163. The van der Waals surface area contributed by atoms with Crippen LogP contribution < -0.4 is 20.8 Å². The highest BCUT2D eigenvalue weighted by atomic mass is 16.5. The number of nitrogen functional groups attached to an aromatic ring is 1. The molecule has 1 aromatic carbocycles. The van der Waals surface area contributed by atoms with Gasteiger partial charge in [-0.3, -0.25) is 4.79 Å². The summed E-state index contributed by atoms with van der Waals surface area (Å²) < 4.78 is 12.2. The van der Waals surface area contributed by atoms with Crippen LogP contribution in [0.25, 0.3) is 11.3 Å². The maximum atomic E-state index is 12.2. The van der Waals surface area contributed by atoms with Crippen molar-refractivity contribution in [3.05, 3.63) is 40.7 Å². The zero-order valence-corrected chi connectivity index (χ0v) is 12.6. The van der Waals surface area contributed by atoms with E-state index in [1.165, 1.54) is 0 Å². The summed E-state index contributed by atoms with van der Waals surface area (Å²) in [5.74, 6) is 1.28. The number of anilines is 1. The minimum absolute atomic E-state index is 0.163. The van der Waals surface area contributed by atoms with Crippen LogP contribution in [-0.2, 0) is 6.54 Å². The molecule has 1 heterocycles. The van der Waals surface area contributed by atoms with Crippen molar-refractivity contribution in [1.82, 2.24) is 4.57 Å². The number of hydrogen-bond donors (Lipinski definition) is 1. The zero-order chi connectivity index (χ0) is 15.4. The topological polar surface area (TPSA) is 66.5 Å². The van der Waals surface area contributed by atoms with Gasteiger partial charge in [0.2, 0.25) is 0 Å². The summed E-state index contributed by atoms with van der Waals surface area (Å²) in [5, 5.41) is 0. The van der Waals surface area contributed by atoms with Gasteiger partial charge < -0.3 is 19.8 Å². The molecule has 112 valence electrons. The van der Waals surface area contributed by atoms with Gasteiger partial charge in [-0.05, 0) is 36.8 Å².